The molecule has 40 heavy (non-hydrogen) atoms. The lowest BCUT2D eigenvalue weighted by Crippen LogP contribution is -2.50. The Labute approximate surface area is 232 Å². The molecule has 2 amide bonds. The number of alkyl halides is 2. The van der Waals surface area contributed by atoms with Crippen molar-refractivity contribution < 1.29 is 27.5 Å². The number of aryl methyl sites for hydroxylation is 1. The summed E-state index contributed by atoms with van der Waals surface area (Å²) in [5, 5.41) is 0. The number of carbonyl (C=O) groups excluding carboxylic acids is 2. The van der Waals surface area contributed by atoms with Crippen molar-refractivity contribution in [1.82, 2.24) is 19.2 Å². The lowest BCUT2D eigenvalue weighted by molar-refractivity contribution is 0.0240. The monoisotopic (exact) mass is 559 g/mol. The third-order valence-corrected chi connectivity index (χ3v) is 6.83. The predicted molar refractivity (Wildman–Crippen MR) is 148 cm³/mol. The van der Waals surface area contributed by atoms with Gasteiger partial charge >= 0.3 is 6.09 Å². The molecule has 4 rings (SSSR count). The van der Waals surface area contributed by atoms with E-state index in [1.165, 1.54) is 12.1 Å². The third kappa shape index (κ3) is 6.34. The van der Waals surface area contributed by atoms with Gasteiger partial charge in [-0.15, -0.1) is 0 Å². The number of ether oxygens (including phenoxy) is 1. The van der Waals surface area contributed by atoms with Gasteiger partial charge in [-0.05, 0) is 65.3 Å². The minimum atomic E-state index is -2.73. The number of piperazine rings is 1. The first-order valence-electron chi connectivity index (χ1n) is 13.3. The first-order valence-corrected chi connectivity index (χ1v) is 13.3. The molecular weight excluding hydrogens is 523 g/mol. The first kappa shape index (κ1) is 29.2. The van der Waals surface area contributed by atoms with Crippen LogP contribution < -0.4 is 4.90 Å². The van der Waals surface area contributed by atoms with E-state index in [1.807, 2.05) is 44.4 Å². The van der Waals surface area contributed by atoms with Gasteiger partial charge in [0.2, 0.25) is 0 Å². The summed E-state index contributed by atoms with van der Waals surface area (Å²) in [6.07, 6.45) is 0.523. The lowest BCUT2D eigenvalue weighted by atomic mass is 9.97. The van der Waals surface area contributed by atoms with Crippen molar-refractivity contribution in [2.24, 2.45) is 0 Å². The van der Waals surface area contributed by atoms with Gasteiger partial charge in [0.15, 0.2) is 0 Å². The van der Waals surface area contributed by atoms with E-state index in [0.29, 0.717) is 48.6 Å². The van der Waals surface area contributed by atoms with Gasteiger partial charge in [0.25, 0.3) is 12.3 Å². The van der Waals surface area contributed by atoms with Crippen molar-refractivity contribution in [1.29, 1.82) is 0 Å². The fraction of sp³-hybridized carbons (Fsp3) is 0.483. The molecule has 0 bridgehead atoms. The fourth-order valence-electron chi connectivity index (χ4n) is 4.83. The van der Waals surface area contributed by atoms with E-state index in [0.717, 1.165) is 16.7 Å². The average Bonchev–Trinajstić information content (AvgIpc) is 3.25. The van der Waals surface area contributed by atoms with Gasteiger partial charge in [-0.25, -0.2) is 22.9 Å². The second-order valence-corrected chi connectivity index (χ2v) is 11.3. The summed E-state index contributed by atoms with van der Waals surface area (Å²) >= 11 is 0. The normalized spacial score (nSPS) is 14.4. The Morgan fingerprint density at radius 1 is 1.07 bits per heavy atom. The third-order valence-electron chi connectivity index (χ3n) is 6.83. The number of fused-ring (bicyclic) bond motifs is 1. The van der Waals surface area contributed by atoms with Crippen LogP contribution in [0.1, 0.15) is 50.8 Å². The number of hydrogen-bond acceptors (Lipinski definition) is 5. The summed E-state index contributed by atoms with van der Waals surface area (Å²) in [6.45, 7) is 11.9. The summed E-state index contributed by atoms with van der Waals surface area (Å²) in [6, 6.07) is 5.25. The zero-order valence-corrected chi connectivity index (χ0v) is 23.7. The molecule has 1 saturated heterocycles. The minimum absolute atomic E-state index is 0.00185. The largest absolute Gasteiger partial charge is 0.444 e. The number of rotatable bonds is 6. The fourth-order valence-corrected chi connectivity index (χ4v) is 4.83. The van der Waals surface area contributed by atoms with Crippen molar-refractivity contribution in [2.75, 3.05) is 37.6 Å². The van der Waals surface area contributed by atoms with Crippen LogP contribution in [0.5, 0.6) is 0 Å². The molecule has 0 aliphatic carbocycles. The van der Waals surface area contributed by atoms with E-state index in [1.54, 1.807) is 24.9 Å². The lowest BCUT2D eigenvalue weighted by Gasteiger charge is -2.37. The van der Waals surface area contributed by atoms with Crippen LogP contribution in [0.25, 0.3) is 16.6 Å². The summed E-state index contributed by atoms with van der Waals surface area (Å²) in [5.74, 6) is -0.597. The number of amides is 2. The first-order chi connectivity index (χ1) is 18.7. The number of imidazole rings is 1. The van der Waals surface area contributed by atoms with Gasteiger partial charge in [0.05, 0.1) is 29.5 Å². The summed E-state index contributed by atoms with van der Waals surface area (Å²) in [5.41, 5.74) is 1.98. The Morgan fingerprint density at radius 2 is 1.75 bits per heavy atom. The van der Waals surface area contributed by atoms with Crippen LogP contribution in [0.2, 0.25) is 0 Å². The molecule has 0 spiro atoms. The van der Waals surface area contributed by atoms with Gasteiger partial charge in [0.1, 0.15) is 17.2 Å². The molecule has 8 nitrogen and oxygen atoms in total. The zero-order valence-electron chi connectivity index (χ0n) is 23.7. The second kappa shape index (κ2) is 11.4. The zero-order chi connectivity index (χ0) is 29.4. The maximum Gasteiger partial charge on any atom is 0.410 e. The highest BCUT2D eigenvalue weighted by atomic mass is 19.3. The van der Waals surface area contributed by atoms with Crippen molar-refractivity contribution in [3.05, 3.63) is 53.9 Å². The number of benzene rings is 1. The van der Waals surface area contributed by atoms with E-state index in [4.69, 9.17) is 4.74 Å². The van der Waals surface area contributed by atoms with Crippen LogP contribution in [0.3, 0.4) is 0 Å². The number of pyridine rings is 1. The molecule has 216 valence electrons. The molecule has 0 radical (unpaired) electrons. The molecule has 11 heteroatoms. The van der Waals surface area contributed by atoms with Crippen molar-refractivity contribution in [3.63, 3.8) is 0 Å². The van der Waals surface area contributed by atoms with E-state index in [2.05, 4.69) is 9.88 Å². The Bertz CT molecular complexity index is 1390. The van der Waals surface area contributed by atoms with Crippen molar-refractivity contribution >= 4 is 23.2 Å². The van der Waals surface area contributed by atoms with Crippen LogP contribution in [0.4, 0.5) is 23.7 Å². The number of aromatic nitrogens is 2. The summed E-state index contributed by atoms with van der Waals surface area (Å²) in [4.78, 5) is 35.4. The number of nitrogens with zero attached hydrogens (tertiary/aromatic N) is 5. The van der Waals surface area contributed by atoms with Gasteiger partial charge in [-0.2, -0.15) is 0 Å². The predicted octanol–water partition coefficient (Wildman–Crippen LogP) is 5.62. The quantitative estimate of drug-likeness (QED) is 0.392. The Morgan fingerprint density at radius 3 is 2.35 bits per heavy atom. The van der Waals surface area contributed by atoms with Gasteiger partial charge in [-0.1, -0.05) is 6.07 Å². The topological polar surface area (TPSA) is 70.4 Å². The van der Waals surface area contributed by atoms with Crippen molar-refractivity contribution in [3.8, 4) is 11.1 Å². The molecule has 0 N–H and O–H groups in total. The van der Waals surface area contributed by atoms with E-state index in [-0.39, 0.29) is 11.7 Å². The van der Waals surface area contributed by atoms with Crippen molar-refractivity contribution in [2.45, 2.75) is 59.6 Å². The van der Waals surface area contributed by atoms with E-state index >= 15 is 0 Å². The molecular formula is C29H36F3N5O3. The highest BCUT2D eigenvalue weighted by Gasteiger charge is 2.29. The molecule has 2 aromatic heterocycles. The smallest absolute Gasteiger partial charge is 0.410 e. The molecule has 0 saturated carbocycles. The minimum Gasteiger partial charge on any atom is -0.444 e. The van der Waals surface area contributed by atoms with Gasteiger partial charge < -0.3 is 23.8 Å². The Hall–Kier alpha value is -3.76. The molecule has 3 heterocycles. The summed E-state index contributed by atoms with van der Waals surface area (Å²) < 4.78 is 48.5. The number of anilines is 1. The van der Waals surface area contributed by atoms with Crippen LogP contribution >= 0.6 is 0 Å². The Balaban J connectivity index is 1.73. The van der Waals surface area contributed by atoms with Gasteiger partial charge in [0, 0.05) is 44.0 Å². The number of hydrogen-bond donors (Lipinski definition) is 0. The molecule has 1 aromatic carbocycles. The number of halogens is 3. The second-order valence-electron chi connectivity index (χ2n) is 11.3. The Kier molecular flexibility index (Phi) is 8.32. The molecule has 0 unspecified atom stereocenters. The average molecular weight is 560 g/mol. The standard InChI is InChI=1S/C29H36F3N5O3/c1-18(2)36(17-26(31)32)27(38)24-13-20(30)7-8-22(24)23-14-21(16-37-19(3)33-15-25(23)37)34-9-11-35(12-10-34)28(39)40-29(4,5)6/h7-8,13-16,18,26H,9-12,17H2,1-6H3. The molecule has 0 atom stereocenters. The number of carbonyl (C=O) groups is 2. The maximum absolute atomic E-state index is 14.5. The van der Waals surface area contributed by atoms with Crippen LogP contribution in [0.15, 0.2) is 36.7 Å². The molecule has 1 fully saturated rings. The van der Waals surface area contributed by atoms with E-state index in [9.17, 15) is 22.8 Å². The van der Waals surface area contributed by atoms with Crippen LogP contribution in [-0.4, -0.2) is 82.0 Å². The highest BCUT2D eigenvalue weighted by Crippen LogP contribution is 2.34. The molecule has 3 aromatic rings. The maximum atomic E-state index is 14.5. The SMILES string of the molecule is Cc1ncc2c(-c3ccc(F)cc3C(=O)N(CC(F)F)C(C)C)cc(N3CCN(C(=O)OC(C)(C)C)CC3)cn12. The summed E-state index contributed by atoms with van der Waals surface area (Å²) in [7, 11) is 0. The molecule has 1 aliphatic rings. The van der Waals surface area contributed by atoms with E-state index < -0.39 is 36.3 Å². The van der Waals surface area contributed by atoms with Crippen LogP contribution in [0, 0.1) is 12.7 Å². The van der Waals surface area contributed by atoms with Gasteiger partial charge in [-0.3, -0.25) is 4.79 Å². The highest BCUT2D eigenvalue weighted by molar-refractivity contribution is 6.03. The van der Waals surface area contributed by atoms with Crippen LogP contribution in [-0.2, 0) is 4.74 Å². The molecule has 1 aliphatic heterocycles.